The van der Waals surface area contributed by atoms with E-state index in [0.717, 1.165) is 18.5 Å². The average molecular weight is 414 g/mol. The predicted molar refractivity (Wildman–Crippen MR) is 113 cm³/mol. The van der Waals surface area contributed by atoms with Crippen molar-refractivity contribution in [1.29, 1.82) is 0 Å². The van der Waals surface area contributed by atoms with Gasteiger partial charge in [0.1, 0.15) is 0 Å². The van der Waals surface area contributed by atoms with Crippen molar-refractivity contribution in [2.24, 2.45) is 0 Å². The molecule has 0 radical (unpaired) electrons. The van der Waals surface area contributed by atoms with Gasteiger partial charge in [-0.05, 0) is 55.0 Å². The summed E-state index contributed by atoms with van der Waals surface area (Å²) in [4.78, 5) is 14.7. The number of fused-ring (bicyclic) bond motifs is 1. The fourth-order valence-electron chi connectivity index (χ4n) is 4.15. The van der Waals surface area contributed by atoms with Gasteiger partial charge < -0.3 is 10.2 Å². The molecule has 0 spiro atoms. The summed E-state index contributed by atoms with van der Waals surface area (Å²) < 4.78 is 26.9. The molecule has 1 aliphatic heterocycles. The Balaban J connectivity index is 1.33. The third-order valence-corrected chi connectivity index (χ3v) is 7.71. The highest BCUT2D eigenvalue weighted by Gasteiger charge is 2.29. The smallest absolute Gasteiger partial charge is 0.243 e. The van der Waals surface area contributed by atoms with Crippen molar-refractivity contribution in [1.82, 2.24) is 9.21 Å². The Morgan fingerprint density at radius 2 is 1.62 bits per heavy atom. The fraction of sp³-hybridized carbons (Fsp3) is 0.409. The standard InChI is InChI=1S/C22H27N3O3S/c26-22(17-23-21-12-6-8-18-7-4-5-11-20(18)21)24-13-15-25(16-14-24)29(27,28)19-9-2-1-3-10-19/h1-3,6,8-10,12,23H,4-5,7,11,13-17H2. The van der Waals surface area contributed by atoms with E-state index in [9.17, 15) is 13.2 Å². The molecule has 0 unspecified atom stereocenters. The number of aryl methyl sites for hydroxylation is 1. The lowest BCUT2D eigenvalue weighted by atomic mass is 9.90. The number of benzene rings is 2. The van der Waals surface area contributed by atoms with Gasteiger partial charge in [0.2, 0.25) is 15.9 Å². The maximum Gasteiger partial charge on any atom is 0.243 e. The number of amides is 1. The van der Waals surface area contributed by atoms with E-state index in [1.165, 1.54) is 28.3 Å². The van der Waals surface area contributed by atoms with Crippen LogP contribution in [0.5, 0.6) is 0 Å². The fourth-order valence-corrected chi connectivity index (χ4v) is 5.59. The van der Waals surface area contributed by atoms with Crippen LogP contribution in [0.1, 0.15) is 24.0 Å². The van der Waals surface area contributed by atoms with Gasteiger partial charge >= 0.3 is 0 Å². The number of sulfonamides is 1. The summed E-state index contributed by atoms with van der Waals surface area (Å²) in [6, 6.07) is 14.7. The highest BCUT2D eigenvalue weighted by molar-refractivity contribution is 7.89. The van der Waals surface area contributed by atoms with Crippen molar-refractivity contribution >= 4 is 21.6 Å². The molecule has 0 atom stereocenters. The molecule has 2 aromatic rings. The van der Waals surface area contributed by atoms with Crippen molar-refractivity contribution in [3.63, 3.8) is 0 Å². The highest BCUT2D eigenvalue weighted by Crippen LogP contribution is 2.27. The number of anilines is 1. The van der Waals surface area contributed by atoms with Crippen LogP contribution in [0, 0.1) is 0 Å². The average Bonchev–Trinajstić information content (AvgIpc) is 2.78. The summed E-state index contributed by atoms with van der Waals surface area (Å²) in [6.07, 6.45) is 4.59. The summed E-state index contributed by atoms with van der Waals surface area (Å²) in [6.45, 7) is 1.72. The molecule has 2 aliphatic rings. The van der Waals surface area contributed by atoms with Crippen LogP contribution in [0.25, 0.3) is 0 Å². The number of hydrogen-bond donors (Lipinski definition) is 1. The summed E-state index contributed by atoms with van der Waals surface area (Å²) in [5, 5.41) is 3.31. The maximum atomic E-state index is 12.7. The van der Waals surface area contributed by atoms with Gasteiger partial charge in [-0.3, -0.25) is 4.79 Å². The molecule has 1 N–H and O–H groups in total. The van der Waals surface area contributed by atoms with E-state index in [1.807, 2.05) is 12.1 Å². The van der Waals surface area contributed by atoms with E-state index in [1.54, 1.807) is 35.2 Å². The molecule has 1 saturated heterocycles. The summed E-state index contributed by atoms with van der Waals surface area (Å²) >= 11 is 0. The SMILES string of the molecule is O=C(CNc1cccc2c1CCCC2)N1CCN(S(=O)(=O)c2ccccc2)CC1. The molecule has 1 aliphatic carbocycles. The van der Waals surface area contributed by atoms with Crippen molar-refractivity contribution in [3.8, 4) is 0 Å². The molecule has 2 aromatic carbocycles. The van der Waals surface area contributed by atoms with E-state index in [2.05, 4.69) is 11.4 Å². The zero-order valence-corrected chi connectivity index (χ0v) is 17.3. The first-order valence-electron chi connectivity index (χ1n) is 10.2. The first-order chi connectivity index (χ1) is 14.1. The summed E-state index contributed by atoms with van der Waals surface area (Å²) in [7, 11) is -3.50. The zero-order chi connectivity index (χ0) is 20.3. The third kappa shape index (κ3) is 4.31. The highest BCUT2D eigenvalue weighted by atomic mass is 32.2. The normalized spacial score (nSPS) is 17.6. The first-order valence-corrected chi connectivity index (χ1v) is 11.7. The second-order valence-electron chi connectivity index (χ2n) is 7.60. The molecule has 1 heterocycles. The zero-order valence-electron chi connectivity index (χ0n) is 16.5. The van der Waals surface area contributed by atoms with Crippen LogP contribution in [0.3, 0.4) is 0 Å². The van der Waals surface area contributed by atoms with Crippen LogP contribution in [0.15, 0.2) is 53.4 Å². The number of carbonyl (C=O) groups excluding carboxylic acids is 1. The van der Waals surface area contributed by atoms with Gasteiger partial charge in [0.25, 0.3) is 0 Å². The van der Waals surface area contributed by atoms with Crippen molar-refractivity contribution in [2.45, 2.75) is 30.6 Å². The minimum Gasteiger partial charge on any atom is -0.376 e. The van der Waals surface area contributed by atoms with Gasteiger partial charge in [-0.25, -0.2) is 8.42 Å². The van der Waals surface area contributed by atoms with E-state index in [0.29, 0.717) is 31.1 Å². The summed E-state index contributed by atoms with van der Waals surface area (Å²) in [5.41, 5.74) is 3.78. The van der Waals surface area contributed by atoms with E-state index in [-0.39, 0.29) is 12.5 Å². The topological polar surface area (TPSA) is 69.7 Å². The molecule has 0 saturated carbocycles. The molecule has 1 amide bonds. The van der Waals surface area contributed by atoms with Gasteiger partial charge in [-0.15, -0.1) is 0 Å². The van der Waals surface area contributed by atoms with Gasteiger partial charge in [-0.2, -0.15) is 4.31 Å². The van der Waals surface area contributed by atoms with E-state index >= 15 is 0 Å². The Kier molecular flexibility index (Phi) is 5.87. The van der Waals surface area contributed by atoms with Crippen LogP contribution in [0.4, 0.5) is 5.69 Å². The van der Waals surface area contributed by atoms with Crippen LogP contribution in [-0.2, 0) is 27.7 Å². The molecule has 0 aromatic heterocycles. The molecule has 6 nitrogen and oxygen atoms in total. The third-order valence-electron chi connectivity index (χ3n) is 5.80. The maximum absolute atomic E-state index is 12.7. The number of nitrogens with zero attached hydrogens (tertiary/aromatic N) is 2. The second kappa shape index (κ2) is 8.55. The second-order valence-corrected chi connectivity index (χ2v) is 9.54. The van der Waals surface area contributed by atoms with Crippen molar-refractivity contribution in [3.05, 3.63) is 59.7 Å². The molecule has 4 rings (SSSR count). The van der Waals surface area contributed by atoms with Crippen molar-refractivity contribution < 1.29 is 13.2 Å². The van der Waals surface area contributed by atoms with Crippen molar-refractivity contribution in [2.75, 3.05) is 38.0 Å². The Morgan fingerprint density at radius 3 is 2.38 bits per heavy atom. The van der Waals surface area contributed by atoms with Gasteiger partial charge in [0.05, 0.1) is 11.4 Å². The lowest BCUT2D eigenvalue weighted by Crippen LogP contribution is -2.51. The van der Waals surface area contributed by atoms with Gasteiger partial charge in [0.15, 0.2) is 0 Å². The van der Waals surface area contributed by atoms with Gasteiger partial charge in [0, 0.05) is 31.9 Å². The molecule has 29 heavy (non-hydrogen) atoms. The monoisotopic (exact) mass is 413 g/mol. The largest absolute Gasteiger partial charge is 0.376 e. The lowest BCUT2D eigenvalue weighted by molar-refractivity contribution is -0.130. The number of carbonyl (C=O) groups is 1. The lowest BCUT2D eigenvalue weighted by Gasteiger charge is -2.34. The van der Waals surface area contributed by atoms with Crippen LogP contribution in [0.2, 0.25) is 0 Å². The number of piperazine rings is 1. The molecular weight excluding hydrogens is 386 g/mol. The quantitative estimate of drug-likeness (QED) is 0.818. The number of rotatable bonds is 5. The molecule has 1 fully saturated rings. The Bertz CT molecular complexity index is 968. The molecular formula is C22H27N3O3S. The molecule has 7 heteroatoms. The Morgan fingerprint density at radius 1 is 0.897 bits per heavy atom. The number of hydrogen-bond acceptors (Lipinski definition) is 4. The van der Waals surface area contributed by atoms with Gasteiger partial charge in [-0.1, -0.05) is 30.3 Å². The van der Waals surface area contributed by atoms with Crippen LogP contribution >= 0.6 is 0 Å². The summed E-state index contributed by atoms with van der Waals surface area (Å²) in [5.74, 6) is 0.00942. The predicted octanol–water partition coefficient (Wildman–Crippen LogP) is 2.51. The number of nitrogens with one attached hydrogen (secondary N) is 1. The molecule has 0 bridgehead atoms. The Labute approximate surface area is 172 Å². The minimum atomic E-state index is -3.50. The molecule has 154 valence electrons. The van der Waals surface area contributed by atoms with E-state index < -0.39 is 10.0 Å². The van der Waals surface area contributed by atoms with E-state index in [4.69, 9.17) is 0 Å². The first kappa shape index (κ1) is 19.9. The Hall–Kier alpha value is -2.38. The van der Waals surface area contributed by atoms with Crippen LogP contribution < -0.4 is 5.32 Å². The minimum absolute atomic E-state index is 0.00942. The van der Waals surface area contributed by atoms with Crippen LogP contribution in [-0.4, -0.2) is 56.3 Å².